The molecule has 0 aliphatic carbocycles. The van der Waals surface area contributed by atoms with Crippen molar-refractivity contribution in [3.05, 3.63) is 65.9 Å². The van der Waals surface area contributed by atoms with Gasteiger partial charge >= 0.3 is 6.61 Å². The summed E-state index contributed by atoms with van der Waals surface area (Å²) >= 11 is 0. The van der Waals surface area contributed by atoms with Crippen LogP contribution in [0, 0.1) is 0 Å². The zero-order chi connectivity index (χ0) is 23.1. The van der Waals surface area contributed by atoms with Crippen LogP contribution in [0.25, 0.3) is 10.9 Å². The molecule has 0 bridgehead atoms. The molecule has 3 amide bonds. The van der Waals surface area contributed by atoms with E-state index in [1.54, 1.807) is 18.2 Å². The summed E-state index contributed by atoms with van der Waals surface area (Å²) in [5, 5.41) is 3.20. The molecule has 0 saturated carbocycles. The molecule has 3 aromatic rings. The Balaban J connectivity index is 1.51. The maximum absolute atomic E-state index is 12.4. The fourth-order valence-corrected chi connectivity index (χ4v) is 2.69. The Hall–Kier alpha value is -4.28. The molecular weight excluding hydrogens is 426 g/mol. The highest BCUT2D eigenvalue weighted by Gasteiger charge is 2.15. The Morgan fingerprint density at radius 3 is 2.50 bits per heavy atom. The van der Waals surface area contributed by atoms with Crippen LogP contribution in [-0.4, -0.2) is 43.0 Å². The summed E-state index contributed by atoms with van der Waals surface area (Å²) in [7, 11) is 1.23. The molecular formula is C21H18F2N4O5. The van der Waals surface area contributed by atoms with Crippen molar-refractivity contribution < 1.29 is 32.6 Å². The monoisotopic (exact) mass is 444 g/mol. The number of para-hydroxylation sites is 1. The van der Waals surface area contributed by atoms with Crippen molar-refractivity contribution in [2.75, 3.05) is 13.7 Å². The first kappa shape index (κ1) is 22.4. The van der Waals surface area contributed by atoms with Crippen molar-refractivity contribution in [3.8, 4) is 11.5 Å². The van der Waals surface area contributed by atoms with E-state index in [9.17, 15) is 23.2 Å². The van der Waals surface area contributed by atoms with Crippen molar-refractivity contribution in [2.24, 2.45) is 0 Å². The van der Waals surface area contributed by atoms with Crippen LogP contribution in [0.1, 0.15) is 20.8 Å². The molecule has 0 fully saturated rings. The number of hydrazine groups is 1. The zero-order valence-corrected chi connectivity index (χ0v) is 16.7. The number of carbonyl (C=O) groups excluding carboxylic acids is 3. The molecule has 9 nitrogen and oxygen atoms in total. The number of carbonyl (C=O) groups is 3. The van der Waals surface area contributed by atoms with Gasteiger partial charge in [-0.1, -0.05) is 24.3 Å². The van der Waals surface area contributed by atoms with Gasteiger partial charge in [0.25, 0.3) is 17.7 Å². The SMILES string of the molecule is COc1cc(C(=O)NCC(=O)NNC(=O)c2ccc3ccccc3n2)ccc1OC(F)F. The van der Waals surface area contributed by atoms with Crippen LogP contribution in [0.15, 0.2) is 54.6 Å². The van der Waals surface area contributed by atoms with E-state index in [4.69, 9.17) is 4.74 Å². The van der Waals surface area contributed by atoms with Gasteiger partial charge < -0.3 is 14.8 Å². The van der Waals surface area contributed by atoms with Crippen LogP contribution in [0.3, 0.4) is 0 Å². The minimum Gasteiger partial charge on any atom is -0.493 e. The maximum Gasteiger partial charge on any atom is 0.387 e. The summed E-state index contributed by atoms with van der Waals surface area (Å²) in [5.74, 6) is -2.30. The van der Waals surface area contributed by atoms with Crippen molar-refractivity contribution in [3.63, 3.8) is 0 Å². The number of rotatable bonds is 7. The van der Waals surface area contributed by atoms with Crippen LogP contribution in [-0.2, 0) is 4.79 Å². The molecule has 0 atom stereocenters. The Kier molecular flexibility index (Phi) is 7.11. The maximum atomic E-state index is 12.4. The van der Waals surface area contributed by atoms with Crippen molar-refractivity contribution in [2.45, 2.75) is 6.61 Å². The molecule has 1 aromatic heterocycles. The Bertz CT molecular complexity index is 1160. The third-order valence-electron chi connectivity index (χ3n) is 4.20. The second-order valence-electron chi connectivity index (χ2n) is 6.32. The molecule has 2 aromatic carbocycles. The average Bonchev–Trinajstić information content (AvgIpc) is 2.80. The molecule has 3 N–H and O–H groups in total. The molecule has 32 heavy (non-hydrogen) atoms. The van der Waals surface area contributed by atoms with E-state index in [-0.39, 0.29) is 22.8 Å². The molecule has 11 heteroatoms. The number of nitrogens with one attached hydrogen (secondary N) is 3. The number of amides is 3. The van der Waals surface area contributed by atoms with Gasteiger partial charge in [-0.3, -0.25) is 25.2 Å². The normalized spacial score (nSPS) is 10.5. The third kappa shape index (κ3) is 5.65. The van der Waals surface area contributed by atoms with Crippen molar-refractivity contribution >= 4 is 28.6 Å². The summed E-state index contributed by atoms with van der Waals surface area (Å²) in [6.07, 6.45) is 0. The zero-order valence-electron chi connectivity index (χ0n) is 16.7. The van der Waals surface area contributed by atoms with Crippen molar-refractivity contribution in [1.82, 2.24) is 21.2 Å². The van der Waals surface area contributed by atoms with Crippen LogP contribution < -0.4 is 25.6 Å². The van der Waals surface area contributed by atoms with E-state index < -0.39 is 30.9 Å². The number of aromatic nitrogens is 1. The lowest BCUT2D eigenvalue weighted by Gasteiger charge is -2.12. The number of alkyl halides is 2. The van der Waals surface area contributed by atoms with Crippen LogP contribution >= 0.6 is 0 Å². The minimum atomic E-state index is -3.05. The first-order valence-corrected chi connectivity index (χ1v) is 9.23. The quantitative estimate of drug-likeness (QED) is 0.480. The molecule has 0 radical (unpaired) electrons. The second-order valence-corrected chi connectivity index (χ2v) is 6.32. The number of ether oxygens (including phenoxy) is 2. The van der Waals surface area contributed by atoms with E-state index in [1.807, 2.05) is 12.1 Å². The number of nitrogens with zero attached hydrogens (tertiary/aromatic N) is 1. The first-order chi connectivity index (χ1) is 15.4. The Morgan fingerprint density at radius 2 is 1.75 bits per heavy atom. The van der Waals surface area contributed by atoms with Crippen LogP contribution in [0.4, 0.5) is 8.78 Å². The fraction of sp³-hybridized carbons (Fsp3) is 0.143. The number of benzene rings is 2. The molecule has 3 rings (SSSR count). The topological polar surface area (TPSA) is 119 Å². The molecule has 0 aliphatic rings. The number of hydrogen-bond donors (Lipinski definition) is 3. The van der Waals surface area contributed by atoms with Gasteiger partial charge in [0, 0.05) is 10.9 Å². The summed E-state index contributed by atoms with van der Waals surface area (Å²) in [6.45, 7) is -3.51. The molecule has 0 spiro atoms. The van der Waals surface area contributed by atoms with Gasteiger partial charge in [-0.25, -0.2) is 4.98 Å². The molecule has 0 unspecified atom stereocenters. The van der Waals surface area contributed by atoms with E-state index >= 15 is 0 Å². The number of pyridine rings is 1. The van der Waals surface area contributed by atoms with E-state index in [0.717, 1.165) is 11.5 Å². The van der Waals surface area contributed by atoms with Gasteiger partial charge in [-0.05, 0) is 30.3 Å². The largest absolute Gasteiger partial charge is 0.493 e. The second kappa shape index (κ2) is 10.2. The molecule has 166 valence electrons. The number of halogens is 2. The fourth-order valence-electron chi connectivity index (χ4n) is 2.69. The predicted octanol–water partition coefficient (Wildman–Crippen LogP) is 2.04. The van der Waals surface area contributed by atoms with E-state index in [2.05, 4.69) is 25.9 Å². The summed E-state index contributed by atoms with van der Waals surface area (Å²) < 4.78 is 34.0. The predicted molar refractivity (Wildman–Crippen MR) is 109 cm³/mol. The molecule has 1 heterocycles. The lowest BCUT2D eigenvalue weighted by Crippen LogP contribution is -2.46. The van der Waals surface area contributed by atoms with Gasteiger partial charge in [0.1, 0.15) is 5.69 Å². The van der Waals surface area contributed by atoms with Gasteiger partial charge in [-0.15, -0.1) is 0 Å². The minimum absolute atomic E-state index is 0.0562. The molecule has 0 aliphatic heterocycles. The highest BCUT2D eigenvalue weighted by molar-refractivity contribution is 5.98. The van der Waals surface area contributed by atoms with Gasteiger partial charge in [0.15, 0.2) is 11.5 Å². The summed E-state index contributed by atoms with van der Waals surface area (Å²) in [4.78, 5) is 40.5. The van der Waals surface area contributed by atoms with Gasteiger partial charge in [0.05, 0.1) is 19.2 Å². The number of methoxy groups -OCH3 is 1. The van der Waals surface area contributed by atoms with Crippen LogP contribution in [0.2, 0.25) is 0 Å². The highest BCUT2D eigenvalue weighted by Crippen LogP contribution is 2.29. The average molecular weight is 444 g/mol. The number of fused-ring (bicyclic) bond motifs is 1. The van der Waals surface area contributed by atoms with E-state index in [0.29, 0.717) is 5.52 Å². The summed E-state index contributed by atoms with van der Waals surface area (Å²) in [6, 6.07) is 14.1. The lowest BCUT2D eigenvalue weighted by molar-refractivity contribution is -0.120. The van der Waals surface area contributed by atoms with Gasteiger partial charge in [-0.2, -0.15) is 8.78 Å². The smallest absolute Gasteiger partial charge is 0.387 e. The highest BCUT2D eigenvalue weighted by atomic mass is 19.3. The van der Waals surface area contributed by atoms with E-state index in [1.165, 1.54) is 25.3 Å². The van der Waals surface area contributed by atoms with Crippen molar-refractivity contribution in [1.29, 1.82) is 0 Å². The number of hydrogen-bond acceptors (Lipinski definition) is 6. The van der Waals surface area contributed by atoms with Gasteiger partial charge in [0.2, 0.25) is 0 Å². The third-order valence-corrected chi connectivity index (χ3v) is 4.20. The van der Waals surface area contributed by atoms with Crippen LogP contribution in [0.5, 0.6) is 11.5 Å². The molecule has 0 saturated heterocycles. The standard InChI is InChI=1S/C21H18F2N4O5/c1-31-17-10-13(7-9-16(17)32-21(22)23)19(29)24-11-18(28)26-27-20(30)15-8-6-12-4-2-3-5-14(12)25-15/h2-10,21H,11H2,1H3,(H,24,29)(H,26,28)(H,27,30). The summed E-state index contributed by atoms with van der Waals surface area (Å²) in [5.41, 5.74) is 5.16. The Morgan fingerprint density at radius 1 is 0.969 bits per heavy atom. The Labute approximate surface area is 180 Å². The first-order valence-electron chi connectivity index (χ1n) is 9.23. The lowest BCUT2D eigenvalue weighted by atomic mass is 10.2.